The summed E-state index contributed by atoms with van der Waals surface area (Å²) < 4.78 is 0. The van der Waals surface area contributed by atoms with Gasteiger partial charge < -0.3 is 5.32 Å². The van der Waals surface area contributed by atoms with Gasteiger partial charge in [-0.05, 0) is 49.1 Å². The van der Waals surface area contributed by atoms with Crippen molar-refractivity contribution in [3.05, 3.63) is 42.1 Å². The number of carbonyl (C=O) groups is 2. The van der Waals surface area contributed by atoms with Crippen molar-refractivity contribution in [1.29, 1.82) is 0 Å². The molecule has 26 heavy (non-hydrogen) atoms. The van der Waals surface area contributed by atoms with E-state index in [1.54, 1.807) is 19.3 Å². The molecule has 6 nitrogen and oxygen atoms in total. The quantitative estimate of drug-likeness (QED) is 0.857. The molecule has 0 saturated heterocycles. The smallest absolute Gasteiger partial charge is 0.244 e. The zero-order chi connectivity index (χ0) is 18.8. The SMILES string of the molecule is CC(=O)N(C)N(C(C)=O)c1ccc(-c2cccc(NC3CC3)c2C)cn1. The highest BCUT2D eigenvalue weighted by atomic mass is 16.2. The molecule has 1 heterocycles. The monoisotopic (exact) mass is 352 g/mol. The Bertz CT molecular complexity index is 828. The van der Waals surface area contributed by atoms with Crippen molar-refractivity contribution < 1.29 is 9.59 Å². The molecule has 6 heteroatoms. The van der Waals surface area contributed by atoms with Crippen LogP contribution in [-0.4, -0.2) is 34.9 Å². The fourth-order valence-electron chi connectivity index (χ4n) is 2.89. The number of aromatic nitrogens is 1. The average Bonchev–Trinajstić information content (AvgIpc) is 3.41. The maximum Gasteiger partial charge on any atom is 0.244 e. The van der Waals surface area contributed by atoms with Gasteiger partial charge in [-0.3, -0.25) is 9.59 Å². The molecule has 3 rings (SSSR count). The third-order valence-corrected chi connectivity index (χ3v) is 4.60. The van der Waals surface area contributed by atoms with E-state index >= 15 is 0 Å². The first-order chi connectivity index (χ1) is 12.4. The topological polar surface area (TPSA) is 65.5 Å². The van der Waals surface area contributed by atoms with Crippen LogP contribution in [0.5, 0.6) is 0 Å². The molecule has 1 aromatic heterocycles. The van der Waals surface area contributed by atoms with Gasteiger partial charge in [-0.1, -0.05) is 12.1 Å². The highest BCUT2D eigenvalue weighted by Crippen LogP contribution is 2.32. The first kappa shape index (κ1) is 17.9. The van der Waals surface area contributed by atoms with Crippen molar-refractivity contribution in [2.45, 2.75) is 39.7 Å². The predicted molar refractivity (Wildman–Crippen MR) is 103 cm³/mol. The molecular weight excluding hydrogens is 328 g/mol. The maximum atomic E-state index is 11.9. The van der Waals surface area contributed by atoms with E-state index in [4.69, 9.17) is 0 Å². The van der Waals surface area contributed by atoms with Crippen LogP contribution in [0.4, 0.5) is 11.5 Å². The zero-order valence-electron chi connectivity index (χ0n) is 15.6. The number of pyridine rings is 1. The maximum absolute atomic E-state index is 11.9. The van der Waals surface area contributed by atoms with Crippen molar-refractivity contribution >= 4 is 23.3 Å². The lowest BCUT2D eigenvalue weighted by molar-refractivity contribution is -0.133. The second-order valence-electron chi connectivity index (χ2n) is 6.68. The summed E-state index contributed by atoms with van der Waals surface area (Å²) in [5.41, 5.74) is 4.40. The van der Waals surface area contributed by atoms with Crippen molar-refractivity contribution in [1.82, 2.24) is 9.99 Å². The molecule has 1 aliphatic carbocycles. The summed E-state index contributed by atoms with van der Waals surface area (Å²) in [7, 11) is 1.55. The molecule has 1 fully saturated rings. The highest BCUT2D eigenvalue weighted by Gasteiger charge is 2.22. The molecule has 0 aliphatic heterocycles. The van der Waals surface area contributed by atoms with Gasteiger partial charge in [-0.15, -0.1) is 0 Å². The lowest BCUT2D eigenvalue weighted by Gasteiger charge is -2.29. The van der Waals surface area contributed by atoms with Crippen LogP contribution >= 0.6 is 0 Å². The minimum Gasteiger partial charge on any atom is -0.382 e. The third kappa shape index (κ3) is 3.69. The summed E-state index contributed by atoms with van der Waals surface area (Å²) in [4.78, 5) is 28.0. The van der Waals surface area contributed by atoms with Crippen molar-refractivity contribution in [2.24, 2.45) is 0 Å². The predicted octanol–water partition coefficient (Wildman–Crippen LogP) is 3.38. The van der Waals surface area contributed by atoms with E-state index in [-0.39, 0.29) is 11.8 Å². The van der Waals surface area contributed by atoms with Gasteiger partial charge in [0.15, 0.2) is 5.82 Å². The van der Waals surface area contributed by atoms with E-state index < -0.39 is 0 Å². The molecule has 1 aliphatic rings. The summed E-state index contributed by atoms with van der Waals surface area (Å²) in [6.07, 6.45) is 4.19. The van der Waals surface area contributed by atoms with E-state index in [2.05, 4.69) is 29.4 Å². The average molecular weight is 352 g/mol. The first-order valence-corrected chi connectivity index (χ1v) is 8.76. The number of anilines is 2. The third-order valence-electron chi connectivity index (χ3n) is 4.60. The van der Waals surface area contributed by atoms with Crippen LogP contribution in [0.2, 0.25) is 0 Å². The van der Waals surface area contributed by atoms with E-state index in [0.29, 0.717) is 11.9 Å². The molecular formula is C20H24N4O2. The van der Waals surface area contributed by atoms with Crippen LogP contribution in [0, 0.1) is 6.92 Å². The molecule has 2 aromatic rings. The van der Waals surface area contributed by atoms with Crippen molar-refractivity contribution in [3.8, 4) is 11.1 Å². The van der Waals surface area contributed by atoms with E-state index in [1.165, 1.54) is 42.3 Å². The Labute approximate surface area is 153 Å². The van der Waals surface area contributed by atoms with Crippen LogP contribution in [0.15, 0.2) is 36.5 Å². The Morgan fingerprint density at radius 1 is 1.12 bits per heavy atom. The van der Waals surface area contributed by atoms with Gasteiger partial charge in [0.25, 0.3) is 0 Å². The number of nitrogens with one attached hydrogen (secondary N) is 1. The van der Waals surface area contributed by atoms with Gasteiger partial charge in [-0.2, -0.15) is 0 Å². The molecule has 136 valence electrons. The van der Waals surface area contributed by atoms with Crippen LogP contribution in [0.25, 0.3) is 11.1 Å². The zero-order valence-corrected chi connectivity index (χ0v) is 15.6. The number of rotatable bonds is 4. The van der Waals surface area contributed by atoms with Gasteiger partial charge in [0.2, 0.25) is 11.8 Å². The fraction of sp³-hybridized carbons (Fsp3) is 0.350. The summed E-state index contributed by atoms with van der Waals surface area (Å²) in [5.74, 6) is -0.0839. The minimum atomic E-state index is -0.269. The molecule has 1 saturated carbocycles. The Hall–Kier alpha value is -2.89. The Morgan fingerprint density at radius 2 is 1.85 bits per heavy atom. The second kappa shape index (κ2) is 7.15. The second-order valence-corrected chi connectivity index (χ2v) is 6.68. The lowest BCUT2D eigenvalue weighted by atomic mass is 10.0. The molecule has 0 spiro atoms. The summed E-state index contributed by atoms with van der Waals surface area (Å²) in [6, 6.07) is 10.5. The Morgan fingerprint density at radius 3 is 2.38 bits per heavy atom. The molecule has 0 bridgehead atoms. The highest BCUT2D eigenvalue weighted by molar-refractivity contribution is 5.93. The number of carbonyl (C=O) groups excluding carboxylic acids is 2. The van der Waals surface area contributed by atoms with Gasteiger partial charge in [0.05, 0.1) is 0 Å². The number of amides is 2. The van der Waals surface area contributed by atoms with Crippen LogP contribution in [0.1, 0.15) is 32.3 Å². The van der Waals surface area contributed by atoms with Crippen molar-refractivity contribution in [3.63, 3.8) is 0 Å². The normalized spacial score (nSPS) is 13.2. The molecule has 0 atom stereocenters. The molecule has 0 unspecified atom stereocenters. The first-order valence-electron chi connectivity index (χ1n) is 8.76. The minimum absolute atomic E-state index is 0.235. The standard InChI is InChI=1S/C20H24N4O2/c1-13-18(6-5-7-19(13)22-17-9-10-17)16-8-11-20(21-12-16)24(15(3)26)23(4)14(2)25/h5-8,11-12,17,22H,9-10H2,1-4H3. The number of benzene rings is 1. The summed E-state index contributed by atoms with van der Waals surface area (Å²) >= 11 is 0. The van der Waals surface area contributed by atoms with Crippen LogP contribution < -0.4 is 10.3 Å². The number of hydrogen-bond donors (Lipinski definition) is 1. The molecule has 2 amide bonds. The van der Waals surface area contributed by atoms with Gasteiger partial charge in [-0.25, -0.2) is 15.0 Å². The van der Waals surface area contributed by atoms with Crippen LogP contribution in [0.3, 0.4) is 0 Å². The van der Waals surface area contributed by atoms with Crippen molar-refractivity contribution in [2.75, 3.05) is 17.4 Å². The van der Waals surface area contributed by atoms with E-state index in [0.717, 1.165) is 16.8 Å². The lowest BCUT2D eigenvalue weighted by Crippen LogP contribution is -2.46. The number of hydrogen-bond acceptors (Lipinski definition) is 4. The van der Waals surface area contributed by atoms with Gasteiger partial charge in [0, 0.05) is 44.4 Å². The van der Waals surface area contributed by atoms with E-state index in [1.807, 2.05) is 12.1 Å². The number of nitrogens with zero attached hydrogens (tertiary/aromatic N) is 3. The summed E-state index contributed by atoms with van der Waals surface area (Å²) in [5, 5.41) is 6.08. The van der Waals surface area contributed by atoms with Crippen LogP contribution in [-0.2, 0) is 9.59 Å². The molecule has 0 radical (unpaired) electrons. The number of hydrazine groups is 1. The fourth-order valence-corrected chi connectivity index (χ4v) is 2.89. The van der Waals surface area contributed by atoms with Gasteiger partial charge in [0.1, 0.15) is 0 Å². The van der Waals surface area contributed by atoms with E-state index in [9.17, 15) is 9.59 Å². The molecule has 1 N–H and O–H groups in total. The van der Waals surface area contributed by atoms with Gasteiger partial charge >= 0.3 is 0 Å². The Kier molecular flexibility index (Phi) is 4.93. The summed E-state index contributed by atoms with van der Waals surface area (Å²) in [6.45, 7) is 4.91. The molecule has 1 aromatic carbocycles. The Balaban J connectivity index is 1.89. The largest absolute Gasteiger partial charge is 0.382 e.